The van der Waals surface area contributed by atoms with Crippen molar-refractivity contribution in [3.05, 3.63) is 28.2 Å². The first-order chi connectivity index (χ1) is 9.81. The van der Waals surface area contributed by atoms with Crippen LogP contribution in [0.3, 0.4) is 0 Å². The average molecular weight is 393 g/mol. The predicted molar refractivity (Wildman–Crippen MR) is 92.9 cm³/mol. The van der Waals surface area contributed by atoms with E-state index < -0.39 is 0 Å². The van der Waals surface area contributed by atoms with Gasteiger partial charge in [0.25, 0.3) is 0 Å². The van der Waals surface area contributed by atoms with Gasteiger partial charge in [-0.1, -0.05) is 36.7 Å². The maximum atomic E-state index is 11.5. The second kappa shape index (κ2) is 7.66. The Hall–Kier alpha value is -0.780. The van der Waals surface area contributed by atoms with E-state index in [-0.39, 0.29) is 35.9 Å². The van der Waals surface area contributed by atoms with Crippen molar-refractivity contribution in [3.63, 3.8) is 0 Å². The summed E-state index contributed by atoms with van der Waals surface area (Å²) in [6.07, 6.45) is 0.614. The van der Waals surface area contributed by atoms with E-state index >= 15 is 0 Å². The standard InChI is InChI=1S/C16H22BrNO3.ClH/c1-16(2,3)12-7-10(17)5-6-14(12)21-11-8-13(18-9-11)15(19)20-4;/h5-7,11,13,18H,8-9H2,1-4H3;1H. The number of hydrogen-bond donors (Lipinski definition) is 1. The molecule has 2 unspecified atom stereocenters. The molecule has 2 rings (SSSR count). The van der Waals surface area contributed by atoms with Gasteiger partial charge in [0, 0.05) is 23.0 Å². The molecule has 22 heavy (non-hydrogen) atoms. The summed E-state index contributed by atoms with van der Waals surface area (Å²) in [5.74, 6) is 0.649. The number of carbonyl (C=O) groups excluding carboxylic acids is 1. The van der Waals surface area contributed by atoms with E-state index in [0.717, 1.165) is 15.8 Å². The molecule has 0 spiro atoms. The molecule has 0 radical (unpaired) electrons. The first-order valence-corrected chi connectivity index (χ1v) is 7.88. The summed E-state index contributed by atoms with van der Waals surface area (Å²) in [6, 6.07) is 5.78. The summed E-state index contributed by atoms with van der Waals surface area (Å²) in [5, 5.41) is 3.14. The van der Waals surface area contributed by atoms with Crippen LogP contribution in [0.1, 0.15) is 32.8 Å². The fourth-order valence-corrected chi connectivity index (χ4v) is 2.85. The van der Waals surface area contributed by atoms with Crippen molar-refractivity contribution >= 4 is 34.3 Å². The zero-order chi connectivity index (χ0) is 15.6. The highest BCUT2D eigenvalue weighted by Gasteiger charge is 2.32. The molecule has 1 aromatic rings. The SMILES string of the molecule is COC(=O)C1CC(Oc2ccc(Br)cc2C(C)(C)C)CN1.Cl. The predicted octanol–water partition coefficient (Wildman–Crippen LogP) is 3.45. The molecule has 0 amide bonds. The molecule has 1 aromatic carbocycles. The molecule has 1 aliphatic rings. The van der Waals surface area contributed by atoms with Gasteiger partial charge in [0.1, 0.15) is 17.9 Å². The van der Waals surface area contributed by atoms with Gasteiger partial charge in [0.15, 0.2) is 0 Å². The minimum absolute atomic E-state index is 0. The van der Waals surface area contributed by atoms with Crippen molar-refractivity contribution in [1.82, 2.24) is 5.32 Å². The van der Waals surface area contributed by atoms with Crippen molar-refractivity contribution < 1.29 is 14.3 Å². The Morgan fingerprint density at radius 1 is 1.36 bits per heavy atom. The van der Waals surface area contributed by atoms with E-state index in [2.05, 4.69) is 48.1 Å². The molecule has 1 aliphatic heterocycles. The van der Waals surface area contributed by atoms with Crippen molar-refractivity contribution in [3.8, 4) is 5.75 Å². The monoisotopic (exact) mass is 391 g/mol. The highest BCUT2D eigenvalue weighted by atomic mass is 79.9. The minimum Gasteiger partial charge on any atom is -0.489 e. The summed E-state index contributed by atoms with van der Waals surface area (Å²) >= 11 is 3.51. The quantitative estimate of drug-likeness (QED) is 0.800. The van der Waals surface area contributed by atoms with Crippen LogP contribution in [0, 0.1) is 0 Å². The molecule has 6 heteroatoms. The second-order valence-electron chi connectivity index (χ2n) is 6.35. The van der Waals surface area contributed by atoms with Gasteiger partial charge in [-0.3, -0.25) is 4.79 Å². The smallest absolute Gasteiger partial charge is 0.323 e. The third-order valence-electron chi connectivity index (χ3n) is 3.62. The van der Waals surface area contributed by atoms with E-state index in [0.29, 0.717) is 13.0 Å². The Kier molecular flexibility index (Phi) is 6.71. The Balaban J connectivity index is 0.00000242. The van der Waals surface area contributed by atoms with Gasteiger partial charge in [0.05, 0.1) is 7.11 Å². The summed E-state index contributed by atoms with van der Waals surface area (Å²) in [5.41, 5.74) is 1.14. The van der Waals surface area contributed by atoms with Crippen LogP contribution in [0.25, 0.3) is 0 Å². The Morgan fingerprint density at radius 2 is 2.05 bits per heavy atom. The lowest BCUT2D eigenvalue weighted by Crippen LogP contribution is -2.31. The number of halogens is 2. The van der Waals surface area contributed by atoms with Crippen LogP contribution in [0.4, 0.5) is 0 Å². The first kappa shape index (κ1) is 19.3. The van der Waals surface area contributed by atoms with Crippen LogP contribution in [-0.4, -0.2) is 31.8 Å². The highest BCUT2D eigenvalue weighted by Crippen LogP contribution is 2.34. The molecule has 1 saturated heterocycles. The molecule has 124 valence electrons. The highest BCUT2D eigenvalue weighted by molar-refractivity contribution is 9.10. The number of rotatable bonds is 3. The van der Waals surface area contributed by atoms with Crippen LogP contribution in [0.5, 0.6) is 5.75 Å². The molecule has 4 nitrogen and oxygen atoms in total. The summed E-state index contributed by atoms with van der Waals surface area (Å²) in [7, 11) is 1.41. The molecule has 1 fully saturated rings. The number of nitrogens with one attached hydrogen (secondary N) is 1. The van der Waals surface area contributed by atoms with Crippen molar-refractivity contribution in [2.24, 2.45) is 0 Å². The molecule has 0 saturated carbocycles. The average Bonchev–Trinajstić information content (AvgIpc) is 2.87. The van der Waals surface area contributed by atoms with Gasteiger partial charge in [0.2, 0.25) is 0 Å². The molecule has 1 N–H and O–H groups in total. The number of benzene rings is 1. The number of hydrogen-bond acceptors (Lipinski definition) is 4. The zero-order valence-electron chi connectivity index (χ0n) is 13.3. The van der Waals surface area contributed by atoms with E-state index in [9.17, 15) is 4.79 Å². The zero-order valence-corrected chi connectivity index (χ0v) is 15.7. The van der Waals surface area contributed by atoms with Gasteiger partial charge in [-0.05, 0) is 23.6 Å². The van der Waals surface area contributed by atoms with Crippen LogP contribution in [0.2, 0.25) is 0 Å². The van der Waals surface area contributed by atoms with Gasteiger partial charge in [-0.15, -0.1) is 12.4 Å². The molecule has 0 aliphatic carbocycles. The lowest BCUT2D eigenvalue weighted by molar-refractivity contribution is -0.142. The molecular formula is C16H23BrClNO3. The van der Waals surface area contributed by atoms with Crippen LogP contribution in [0.15, 0.2) is 22.7 Å². The third kappa shape index (κ3) is 4.61. The van der Waals surface area contributed by atoms with Crippen LogP contribution >= 0.6 is 28.3 Å². The van der Waals surface area contributed by atoms with E-state index in [1.807, 2.05) is 12.1 Å². The molecule has 0 aromatic heterocycles. The normalized spacial score (nSPS) is 21.1. The maximum Gasteiger partial charge on any atom is 0.323 e. The minimum atomic E-state index is -0.270. The van der Waals surface area contributed by atoms with Crippen molar-refractivity contribution in [2.45, 2.75) is 44.8 Å². The topological polar surface area (TPSA) is 47.6 Å². The summed E-state index contributed by atoms with van der Waals surface area (Å²) in [6.45, 7) is 7.13. The molecule has 1 heterocycles. The summed E-state index contributed by atoms with van der Waals surface area (Å²) in [4.78, 5) is 11.5. The van der Waals surface area contributed by atoms with Gasteiger partial charge < -0.3 is 14.8 Å². The number of methoxy groups -OCH3 is 1. The van der Waals surface area contributed by atoms with Gasteiger partial charge in [-0.25, -0.2) is 0 Å². The Labute approximate surface area is 146 Å². The number of esters is 1. The van der Waals surface area contributed by atoms with Gasteiger partial charge in [-0.2, -0.15) is 0 Å². The lowest BCUT2D eigenvalue weighted by Gasteiger charge is -2.25. The fraction of sp³-hybridized carbons (Fsp3) is 0.562. The third-order valence-corrected chi connectivity index (χ3v) is 4.11. The Morgan fingerprint density at radius 3 is 2.64 bits per heavy atom. The van der Waals surface area contributed by atoms with Crippen LogP contribution < -0.4 is 10.1 Å². The molecule has 2 atom stereocenters. The van der Waals surface area contributed by atoms with Gasteiger partial charge >= 0.3 is 5.97 Å². The molecule has 0 bridgehead atoms. The summed E-state index contributed by atoms with van der Waals surface area (Å²) < 4.78 is 11.9. The largest absolute Gasteiger partial charge is 0.489 e. The maximum absolute atomic E-state index is 11.5. The first-order valence-electron chi connectivity index (χ1n) is 7.09. The fourth-order valence-electron chi connectivity index (χ4n) is 2.49. The van der Waals surface area contributed by atoms with E-state index in [4.69, 9.17) is 9.47 Å². The van der Waals surface area contributed by atoms with Crippen molar-refractivity contribution in [1.29, 1.82) is 0 Å². The number of ether oxygens (including phenoxy) is 2. The lowest BCUT2D eigenvalue weighted by atomic mass is 9.86. The molecular weight excluding hydrogens is 370 g/mol. The second-order valence-corrected chi connectivity index (χ2v) is 7.27. The van der Waals surface area contributed by atoms with Crippen LogP contribution in [-0.2, 0) is 14.9 Å². The number of carbonyl (C=O) groups is 1. The van der Waals surface area contributed by atoms with Crippen molar-refractivity contribution in [2.75, 3.05) is 13.7 Å². The van der Waals surface area contributed by atoms with E-state index in [1.165, 1.54) is 7.11 Å². The Bertz CT molecular complexity index is 531. The van der Waals surface area contributed by atoms with E-state index in [1.54, 1.807) is 0 Å².